The molecule has 2 aromatic carbocycles. The van der Waals surface area contributed by atoms with Gasteiger partial charge in [0.25, 0.3) is 0 Å². The molecule has 5 nitrogen and oxygen atoms in total. The number of ether oxygens (including phenoxy) is 1. The van der Waals surface area contributed by atoms with Crippen molar-refractivity contribution in [1.29, 1.82) is 0 Å². The third kappa shape index (κ3) is 6.86. The monoisotopic (exact) mass is 452 g/mol. The number of likely N-dealkylation sites (tertiary alicyclic amines) is 1. The quantitative estimate of drug-likeness (QED) is 0.560. The highest BCUT2D eigenvalue weighted by molar-refractivity contribution is 6.88. The molecule has 1 heterocycles. The highest BCUT2D eigenvalue weighted by atomic mass is 28.3. The second kappa shape index (κ2) is 11.0. The molecule has 1 atom stereocenters. The average molecular weight is 453 g/mol. The lowest BCUT2D eigenvalue weighted by Gasteiger charge is -2.27. The molecule has 1 fully saturated rings. The Kier molecular flexibility index (Phi) is 8.40. The van der Waals surface area contributed by atoms with Crippen molar-refractivity contribution in [2.24, 2.45) is 0 Å². The zero-order chi connectivity index (χ0) is 23.1. The van der Waals surface area contributed by atoms with Gasteiger partial charge < -0.3 is 15.0 Å². The van der Waals surface area contributed by atoms with Crippen LogP contribution in [0.4, 0.5) is 0 Å². The topological polar surface area (TPSA) is 58.6 Å². The van der Waals surface area contributed by atoms with Crippen molar-refractivity contribution in [3.05, 3.63) is 59.7 Å². The maximum atomic E-state index is 13.3. The minimum atomic E-state index is -1.35. The Morgan fingerprint density at radius 1 is 1.03 bits per heavy atom. The molecule has 0 bridgehead atoms. The van der Waals surface area contributed by atoms with Crippen LogP contribution in [0.1, 0.15) is 30.0 Å². The fourth-order valence-corrected chi connectivity index (χ4v) is 5.20. The summed E-state index contributed by atoms with van der Waals surface area (Å²) in [4.78, 5) is 27.1. The predicted molar refractivity (Wildman–Crippen MR) is 133 cm³/mol. The fraction of sp³-hybridized carbons (Fsp3) is 0.462. The van der Waals surface area contributed by atoms with Gasteiger partial charge in [0, 0.05) is 45.4 Å². The Bertz CT molecular complexity index is 894. The Labute approximate surface area is 193 Å². The number of Topliss-reactive ketones (excluding diaryl/α,β-unsaturated/α-hetero) is 2. The predicted octanol–water partition coefficient (Wildman–Crippen LogP) is 3.35. The van der Waals surface area contributed by atoms with Gasteiger partial charge in [-0.25, -0.2) is 0 Å². The maximum absolute atomic E-state index is 13.3. The van der Waals surface area contributed by atoms with Crippen molar-refractivity contribution < 1.29 is 14.3 Å². The number of carbonyl (C=O) groups excluding carboxylic acids is 2. The molecule has 1 aliphatic rings. The number of nitrogens with one attached hydrogen (secondary N) is 1. The molecule has 0 spiro atoms. The molecule has 0 aliphatic carbocycles. The smallest absolute Gasteiger partial charge is 0.158 e. The van der Waals surface area contributed by atoms with E-state index in [1.165, 1.54) is 5.19 Å². The lowest BCUT2D eigenvalue weighted by Crippen LogP contribution is -2.40. The molecule has 0 saturated carbocycles. The normalized spacial score (nSPS) is 16.1. The van der Waals surface area contributed by atoms with Crippen LogP contribution in [-0.4, -0.2) is 57.8 Å². The molecule has 0 radical (unpaired) electrons. The summed E-state index contributed by atoms with van der Waals surface area (Å²) in [5, 5.41) is 4.88. The number of nitrogens with zero attached hydrogens (tertiary/aromatic N) is 1. The van der Waals surface area contributed by atoms with Crippen molar-refractivity contribution in [1.82, 2.24) is 10.2 Å². The van der Waals surface area contributed by atoms with E-state index in [9.17, 15) is 9.59 Å². The number of benzene rings is 2. The van der Waals surface area contributed by atoms with Crippen molar-refractivity contribution in [3.63, 3.8) is 0 Å². The van der Waals surface area contributed by atoms with Crippen LogP contribution in [0.2, 0.25) is 19.6 Å². The summed E-state index contributed by atoms with van der Waals surface area (Å²) in [5.74, 6) is 1.28. The van der Waals surface area contributed by atoms with Crippen LogP contribution in [0, 0.1) is 0 Å². The minimum Gasteiger partial charge on any atom is -0.497 e. The van der Waals surface area contributed by atoms with Gasteiger partial charge in [-0.3, -0.25) is 9.59 Å². The number of carbonyl (C=O) groups is 2. The molecule has 1 aliphatic heterocycles. The SMILES string of the molecule is COc1ccc(C(NCCN2CCC(=O)CC2)C(=O)Cc2ccc([Si](C)(C)C)cc2)cc1. The van der Waals surface area contributed by atoms with Crippen LogP contribution in [0.3, 0.4) is 0 Å². The Morgan fingerprint density at radius 2 is 1.66 bits per heavy atom. The van der Waals surface area contributed by atoms with E-state index in [2.05, 4.69) is 54.1 Å². The van der Waals surface area contributed by atoms with Gasteiger partial charge in [-0.1, -0.05) is 61.2 Å². The molecule has 0 amide bonds. The van der Waals surface area contributed by atoms with Crippen LogP contribution >= 0.6 is 0 Å². The summed E-state index contributed by atoms with van der Waals surface area (Å²) >= 11 is 0. The van der Waals surface area contributed by atoms with Gasteiger partial charge in [0.15, 0.2) is 5.78 Å². The van der Waals surface area contributed by atoms with E-state index in [0.29, 0.717) is 31.6 Å². The summed E-state index contributed by atoms with van der Waals surface area (Å²) in [6, 6.07) is 15.9. The molecule has 172 valence electrons. The van der Waals surface area contributed by atoms with E-state index >= 15 is 0 Å². The van der Waals surface area contributed by atoms with E-state index in [1.807, 2.05) is 24.3 Å². The van der Waals surface area contributed by atoms with Gasteiger partial charge in [-0.05, 0) is 23.3 Å². The number of hydrogen-bond donors (Lipinski definition) is 1. The highest BCUT2D eigenvalue weighted by Crippen LogP contribution is 2.20. The summed E-state index contributed by atoms with van der Waals surface area (Å²) in [5.41, 5.74) is 2.00. The highest BCUT2D eigenvalue weighted by Gasteiger charge is 2.22. The Hall–Kier alpha value is -2.28. The van der Waals surface area contributed by atoms with Crippen LogP contribution in [-0.2, 0) is 16.0 Å². The summed E-state index contributed by atoms with van der Waals surface area (Å²) < 4.78 is 5.28. The molecule has 3 rings (SSSR count). The third-order valence-corrected chi connectivity index (χ3v) is 8.23. The fourth-order valence-electron chi connectivity index (χ4n) is 4.03. The molecular formula is C26H36N2O3Si. The summed E-state index contributed by atoms with van der Waals surface area (Å²) in [6.45, 7) is 10.1. The van der Waals surface area contributed by atoms with E-state index in [4.69, 9.17) is 4.74 Å². The maximum Gasteiger partial charge on any atom is 0.158 e. The van der Waals surface area contributed by atoms with Gasteiger partial charge in [0.2, 0.25) is 0 Å². The van der Waals surface area contributed by atoms with E-state index in [1.54, 1.807) is 7.11 Å². The lowest BCUT2D eigenvalue weighted by molar-refractivity contribution is -0.121. The average Bonchev–Trinajstić information content (AvgIpc) is 2.78. The van der Waals surface area contributed by atoms with Crippen LogP contribution in [0.15, 0.2) is 48.5 Å². The zero-order valence-electron chi connectivity index (χ0n) is 19.8. The minimum absolute atomic E-state index is 0.157. The van der Waals surface area contributed by atoms with Crippen molar-refractivity contribution in [2.75, 3.05) is 33.3 Å². The number of hydrogen-bond acceptors (Lipinski definition) is 5. The molecule has 1 saturated heterocycles. The third-order valence-electron chi connectivity index (χ3n) is 6.16. The second-order valence-electron chi connectivity index (χ2n) is 9.63. The molecule has 1 unspecified atom stereocenters. The standard InChI is InChI=1S/C26H36N2O3Si/c1-31-23-9-7-21(8-10-23)26(27-15-18-28-16-13-22(29)14-17-28)25(30)19-20-5-11-24(12-6-20)32(2,3)4/h5-12,26-27H,13-19H2,1-4H3. The van der Waals surface area contributed by atoms with Crippen LogP contribution in [0.5, 0.6) is 5.75 Å². The first kappa shape index (κ1) is 24.4. The van der Waals surface area contributed by atoms with Crippen LogP contribution < -0.4 is 15.2 Å². The van der Waals surface area contributed by atoms with Gasteiger partial charge in [-0.2, -0.15) is 0 Å². The van der Waals surface area contributed by atoms with Gasteiger partial charge in [-0.15, -0.1) is 0 Å². The van der Waals surface area contributed by atoms with E-state index < -0.39 is 8.07 Å². The first-order chi connectivity index (χ1) is 15.3. The van der Waals surface area contributed by atoms with E-state index in [0.717, 1.165) is 36.5 Å². The van der Waals surface area contributed by atoms with Gasteiger partial charge in [0.1, 0.15) is 11.5 Å². The van der Waals surface area contributed by atoms with Gasteiger partial charge >= 0.3 is 0 Å². The molecule has 2 aromatic rings. The largest absolute Gasteiger partial charge is 0.497 e. The summed E-state index contributed by atoms with van der Waals surface area (Å²) in [7, 11) is 0.289. The summed E-state index contributed by atoms with van der Waals surface area (Å²) in [6.07, 6.45) is 1.66. The first-order valence-corrected chi connectivity index (χ1v) is 15.0. The molecule has 6 heteroatoms. The van der Waals surface area contributed by atoms with E-state index in [-0.39, 0.29) is 11.8 Å². The Morgan fingerprint density at radius 3 is 2.22 bits per heavy atom. The molecule has 1 N–H and O–H groups in total. The molecular weight excluding hydrogens is 416 g/mol. The van der Waals surface area contributed by atoms with Crippen molar-refractivity contribution >= 4 is 24.8 Å². The Balaban J connectivity index is 1.67. The molecule has 0 aromatic heterocycles. The first-order valence-electron chi connectivity index (χ1n) is 11.5. The number of ketones is 2. The van der Waals surface area contributed by atoms with Gasteiger partial charge in [0.05, 0.1) is 21.2 Å². The number of piperidine rings is 1. The zero-order valence-corrected chi connectivity index (χ0v) is 20.8. The van der Waals surface area contributed by atoms with Crippen molar-refractivity contribution in [2.45, 2.75) is 44.9 Å². The molecule has 32 heavy (non-hydrogen) atoms. The van der Waals surface area contributed by atoms with Crippen LogP contribution in [0.25, 0.3) is 0 Å². The number of methoxy groups -OCH3 is 1. The van der Waals surface area contributed by atoms with Crippen molar-refractivity contribution in [3.8, 4) is 5.75 Å². The second-order valence-corrected chi connectivity index (χ2v) is 14.7. The number of rotatable bonds is 10. The lowest BCUT2D eigenvalue weighted by atomic mass is 9.97.